The number of amides is 1. The summed E-state index contributed by atoms with van der Waals surface area (Å²) >= 11 is 0. The molecule has 0 aliphatic heterocycles. The average molecular weight is 435 g/mol. The normalized spacial score (nSPS) is 12.0. The molecule has 0 aliphatic rings. The van der Waals surface area contributed by atoms with Gasteiger partial charge in [0.15, 0.2) is 6.10 Å². The fourth-order valence-corrected chi connectivity index (χ4v) is 3.11. The van der Waals surface area contributed by atoms with Crippen molar-refractivity contribution in [2.24, 2.45) is 0 Å². The van der Waals surface area contributed by atoms with Gasteiger partial charge in [0.2, 0.25) is 10.0 Å². The second-order valence-electron chi connectivity index (χ2n) is 6.49. The third-order valence-electron chi connectivity index (χ3n) is 4.32. The van der Waals surface area contributed by atoms with Gasteiger partial charge in [0.05, 0.1) is 29.8 Å². The van der Waals surface area contributed by atoms with E-state index in [0.717, 1.165) is 10.6 Å². The zero-order valence-electron chi connectivity index (χ0n) is 17.4. The topological polar surface area (TPSA) is 102 Å². The first-order valence-electron chi connectivity index (χ1n) is 9.45. The van der Waals surface area contributed by atoms with E-state index in [-0.39, 0.29) is 12.2 Å². The molecule has 2 rings (SSSR count). The quantitative estimate of drug-likeness (QED) is 0.609. The molecule has 0 unspecified atom stereocenters. The number of hydrogen-bond acceptors (Lipinski definition) is 6. The first-order valence-corrected chi connectivity index (χ1v) is 11.3. The van der Waals surface area contributed by atoms with Gasteiger partial charge in [0.1, 0.15) is 5.75 Å². The second kappa shape index (κ2) is 10.1. The number of hydrogen-bond donors (Lipinski definition) is 1. The van der Waals surface area contributed by atoms with Crippen molar-refractivity contribution in [2.75, 3.05) is 29.5 Å². The minimum Gasteiger partial charge on any atom is -0.481 e. The van der Waals surface area contributed by atoms with Crippen LogP contribution in [0.2, 0.25) is 0 Å². The van der Waals surface area contributed by atoms with Crippen LogP contribution in [0.1, 0.15) is 30.6 Å². The molecule has 162 valence electrons. The molecule has 0 bridgehead atoms. The average Bonchev–Trinajstić information content (AvgIpc) is 2.71. The van der Waals surface area contributed by atoms with E-state index in [1.165, 1.54) is 7.05 Å². The maximum atomic E-state index is 12.7. The number of anilines is 2. The monoisotopic (exact) mass is 434 g/mol. The maximum Gasteiger partial charge on any atom is 0.340 e. The van der Waals surface area contributed by atoms with Gasteiger partial charge < -0.3 is 14.8 Å². The molecular formula is C21H26N2O6S. The Hall–Kier alpha value is -3.07. The second-order valence-corrected chi connectivity index (χ2v) is 8.51. The van der Waals surface area contributed by atoms with Gasteiger partial charge in [-0.3, -0.25) is 9.10 Å². The molecular weight excluding hydrogens is 408 g/mol. The predicted molar refractivity (Wildman–Crippen MR) is 115 cm³/mol. The molecule has 0 spiro atoms. The number of nitrogens with zero attached hydrogens (tertiary/aromatic N) is 1. The fourth-order valence-electron chi connectivity index (χ4n) is 2.60. The molecule has 0 radical (unpaired) electrons. The Morgan fingerprint density at radius 3 is 2.27 bits per heavy atom. The van der Waals surface area contributed by atoms with Crippen LogP contribution in [0.5, 0.6) is 5.75 Å². The highest BCUT2D eigenvalue weighted by Gasteiger charge is 2.21. The van der Waals surface area contributed by atoms with Crippen molar-refractivity contribution < 1.29 is 27.5 Å². The van der Waals surface area contributed by atoms with Gasteiger partial charge in [-0.05, 0) is 49.7 Å². The van der Waals surface area contributed by atoms with Crippen LogP contribution in [0.4, 0.5) is 11.4 Å². The summed E-state index contributed by atoms with van der Waals surface area (Å²) < 4.78 is 35.2. The lowest BCUT2D eigenvalue weighted by Crippen LogP contribution is -2.33. The summed E-state index contributed by atoms with van der Waals surface area (Å²) in [4.78, 5) is 24.8. The number of rotatable bonds is 9. The van der Waals surface area contributed by atoms with Crippen molar-refractivity contribution in [3.8, 4) is 5.75 Å². The Bertz CT molecular complexity index is 989. The van der Waals surface area contributed by atoms with E-state index in [1.807, 2.05) is 0 Å². The number of carbonyl (C=O) groups is 2. The van der Waals surface area contributed by atoms with Gasteiger partial charge in [0, 0.05) is 7.05 Å². The molecule has 9 heteroatoms. The largest absolute Gasteiger partial charge is 0.481 e. The molecule has 30 heavy (non-hydrogen) atoms. The van der Waals surface area contributed by atoms with Crippen LogP contribution >= 0.6 is 0 Å². The first kappa shape index (κ1) is 23.2. The van der Waals surface area contributed by atoms with E-state index >= 15 is 0 Å². The van der Waals surface area contributed by atoms with Gasteiger partial charge in [-0.1, -0.05) is 19.1 Å². The van der Waals surface area contributed by atoms with Crippen LogP contribution in [0.25, 0.3) is 0 Å². The van der Waals surface area contributed by atoms with E-state index in [9.17, 15) is 18.0 Å². The highest BCUT2D eigenvalue weighted by atomic mass is 32.2. The Balaban J connectivity index is 2.12. The summed E-state index contributed by atoms with van der Waals surface area (Å²) in [6.07, 6.45) is 0.695. The number of para-hydroxylation sites is 1. The number of carbonyl (C=O) groups excluding carboxylic acids is 2. The molecule has 1 N–H and O–H groups in total. The number of benzene rings is 2. The Labute approximate surface area is 176 Å². The molecule has 8 nitrogen and oxygen atoms in total. The van der Waals surface area contributed by atoms with Crippen molar-refractivity contribution in [1.82, 2.24) is 0 Å². The summed E-state index contributed by atoms with van der Waals surface area (Å²) in [5.74, 6) is -0.513. The Morgan fingerprint density at radius 1 is 1.07 bits per heavy atom. The molecule has 0 saturated heterocycles. The van der Waals surface area contributed by atoms with Gasteiger partial charge in [-0.25, -0.2) is 13.2 Å². The Kier molecular flexibility index (Phi) is 7.82. The van der Waals surface area contributed by atoms with Gasteiger partial charge >= 0.3 is 5.97 Å². The van der Waals surface area contributed by atoms with E-state index < -0.39 is 28.0 Å². The summed E-state index contributed by atoms with van der Waals surface area (Å²) in [6, 6.07) is 13.0. The highest BCUT2D eigenvalue weighted by Crippen LogP contribution is 2.22. The predicted octanol–water partition coefficient (Wildman–Crippen LogP) is 3.06. The first-order chi connectivity index (χ1) is 14.2. The summed E-state index contributed by atoms with van der Waals surface area (Å²) in [5.41, 5.74) is 1.08. The molecule has 1 atom stereocenters. The van der Waals surface area contributed by atoms with Crippen molar-refractivity contribution in [3.05, 3.63) is 54.1 Å². The van der Waals surface area contributed by atoms with Gasteiger partial charge in [0.25, 0.3) is 5.91 Å². The minimum absolute atomic E-state index is 0.228. The molecule has 0 saturated carbocycles. The Morgan fingerprint density at radius 2 is 1.70 bits per heavy atom. The van der Waals surface area contributed by atoms with Crippen LogP contribution in [-0.2, 0) is 19.6 Å². The summed E-state index contributed by atoms with van der Waals surface area (Å²) in [5, 5.41) is 2.72. The van der Waals surface area contributed by atoms with Crippen LogP contribution in [-0.4, -0.2) is 46.3 Å². The van der Waals surface area contributed by atoms with Crippen LogP contribution in [0.15, 0.2) is 48.5 Å². The third kappa shape index (κ3) is 5.96. The molecule has 2 aromatic carbocycles. The molecule has 1 amide bonds. The number of ether oxygens (including phenoxy) is 2. The van der Waals surface area contributed by atoms with Crippen molar-refractivity contribution >= 4 is 33.3 Å². The number of nitrogens with one attached hydrogen (secondary N) is 1. The van der Waals surface area contributed by atoms with Gasteiger partial charge in [-0.15, -0.1) is 0 Å². The molecule has 0 fully saturated rings. The minimum atomic E-state index is -3.37. The molecule has 0 aliphatic carbocycles. The smallest absolute Gasteiger partial charge is 0.340 e. The number of sulfonamides is 1. The van der Waals surface area contributed by atoms with Crippen LogP contribution in [0, 0.1) is 0 Å². The lowest BCUT2D eigenvalue weighted by Gasteiger charge is -2.20. The number of esters is 1. The molecule has 0 heterocycles. The van der Waals surface area contributed by atoms with Crippen molar-refractivity contribution in [2.45, 2.75) is 26.4 Å². The molecule has 2 aromatic rings. The fraction of sp³-hybridized carbons (Fsp3) is 0.333. The molecule has 0 aromatic heterocycles. The lowest BCUT2D eigenvalue weighted by molar-refractivity contribution is -0.122. The standard InChI is InChI=1S/C21H26N2O6S/c1-5-19(29-16-13-11-15(12-14-16)23(3)30(4,26)27)20(24)22-18-10-8-7-9-17(18)21(25)28-6-2/h7-14,19H,5-6H2,1-4H3,(H,22,24)/t19-/m1/s1. The van der Waals surface area contributed by atoms with E-state index in [4.69, 9.17) is 9.47 Å². The zero-order valence-corrected chi connectivity index (χ0v) is 18.2. The van der Waals surface area contributed by atoms with Crippen molar-refractivity contribution in [3.63, 3.8) is 0 Å². The maximum absolute atomic E-state index is 12.7. The summed E-state index contributed by atoms with van der Waals surface area (Å²) in [7, 11) is -1.92. The van der Waals surface area contributed by atoms with Crippen LogP contribution in [0.3, 0.4) is 0 Å². The van der Waals surface area contributed by atoms with Crippen LogP contribution < -0.4 is 14.4 Å². The van der Waals surface area contributed by atoms with E-state index in [1.54, 1.807) is 62.4 Å². The van der Waals surface area contributed by atoms with Gasteiger partial charge in [-0.2, -0.15) is 0 Å². The highest BCUT2D eigenvalue weighted by molar-refractivity contribution is 7.92. The zero-order chi connectivity index (χ0) is 22.3. The third-order valence-corrected chi connectivity index (χ3v) is 5.53. The van der Waals surface area contributed by atoms with Crippen molar-refractivity contribution in [1.29, 1.82) is 0 Å². The van der Waals surface area contributed by atoms with E-state index in [0.29, 0.717) is 23.5 Å². The SMILES string of the molecule is CCOC(=O)c1ccccc1NC(=O)[C@@H](CC)Oc1ccc(N(C)S(C)(=O)=O)cc1. The van der Waals surface area contributed by atoms with E-state index in [2.05, 4.69) is 5.32 Å². The summed E-state index contributed by atoms with van der Waals surface area (Å²) in [6.45, 7) is 3.73. The lowest BCUT2D eigenvalue weighted by atomic mass is 10.1.